The van der Waals surface area contributed by atoms with Crippen LogP contribution >= 0.6 is 0 Å². The van der Waals surface area contributed by atoms with Gasteiger partial charge in [0.2, 0.25) is 5.91 Å². The number of carbonyl (C=O) groups excluding carboxylic acids is 1. The van der Waals surface area contributed by atoms with E-state index in [1.54, 1.807) is 4.90 Å². The van der Waals surface area contributed by atoms with Gasteiger partial charge in [-0.25, -0.2) is 0 Å². The standard InChI is InChI=1S/C13H20N2O2/c1-15(9-11-3-2-4-11)12(16)13(10-14)5-7-17-8-6-13/h11H,2-9H2,1H3. The van der Waals surface area contributed by atoms with Crippen LogP contribution in [-0.4, -0.2) is 37.6 Å². The number of nitriles is 1. The number of rotatable bonds is 3. The molecule has 4 nitrogen and oxygen atoms in total. The fourth-order valence-corrected chi connectivity index (χ4v) is 2.60. The first-order chi connectivity index (χ1) is 8.18. The third-order valence-electron chi connectivity index (χ3n) is 4.07. The van der Waals surface area contributed by atoms with Gasteiger partial charge in [0.25, 0.3) is 0 Å². The minimum atomic E-state index is -0.823. The Balaban J connectivity index is 1.98. The number of ether oxygens (including phenoxy) is 1. The first-order valence-electron chi connectivity index (χ1n) is 6.42. The average Bonchev–Trinajstić information content (AvgIpc) is 2.33. The van der Waals surface area contributed by atoms with Gasteiger partial charge >= 0.3 is 0 Å². The normalized spacial score (nSPS) is 23.5. The van der Waals surface area contributed by atoms with Crippen molar-refractivity contribution in [1.29, 1.82) is 5.26 Å². The summed E-state index contributed by atoms with van der Waals surface area (Å²) in [5.74, 6) is 0.648. The van der Waals surface area contributed by atoms with Gasteiger partial charge in [-0.2, -0.15) is 5.26 Å². The lowest BCUT2D eigenvalue weighted by molar-refractivity contribution is -0.143. The monoisotopic (exact) mass is 236 g/mol. The first-order valence-corrected chi connectivity index (χ1v) is 6.42. The van der Waals surface area contributed by atoms with E-state index in [4.69, 9.17) is 4.74 Å². The Hall–Kier alpha value is -1.08. The Morgan fingerprint density at radius 2 is 2.12 bits per heavy atom. The van der Waals surface area contributed by atoms with E-state index >= 15 is 0 Å². The molecule has 2 aliphatic rings. The Labute approximate surface area is 103 Å². The van der Waals surface area contributed by atoms with Crippen LogP contribution in [0.3, 0.4) is 0 Å². The van der Waals surface area contributed by atoms with E-state index in [0.29, 0.717) is 32.0 Å². The fourth-order valence-electron chi connectivity index (χ4n) is 2.60. The maximum absolute atomic E-state index is 12.4. The molecule has 1 aliphatic heterocycles. The van der Waals surface area contributed by atoms with E-state index in [-0.39, 0.29) is 5.91 Å². The van der Waals surface area contributed by atoms with Crippen molar-refractivity contribution in [2.24, 2.45) is 11.3 Å². The van der Waals surface area contributed by atoms with Crippen LogP contribution in [0, 0.1) is 22.7 Å². The van der Waals surface area contributed by atoms with Gasteiger partial charge in [0.05, 0.1) is 6.07 Å². The van der Waals surface area contributed by atoms with Crippen molar-refractivity contribution < 1.29 is 9.53 Å². The second-order valence-corrected chi connectivity index (χ2v) is 5.29. The molecule has 0 N–H and O–H groups in total. The number of hydrogen-bond donors (Lipinski definition) is 0. The Kier molecular flexibility index (Phi) is 3.68. The van der Waals surface area contributed by atoms with Crippen LogP contribution in [0.15, 0.2) is 0 Å². The largest absolute Gasteiger partial charge is 0.381 e. The van der Waals surface area contributed by atoms with Gasteiger partial charge < -0.3 is 9.64 Å². The molecule has 1 amide bonds. The molecule has 1 aliphatic carbocycles. The lowest BCUT2D eigenvalue weighted by atomic mass is 9.79. The third kappa shape index (κ3) is 2.44. The highest BCUT2D eigenvalue weighted by Gasteiger charge is 2.42. The van der Waals surface area contributed by atoms with Crippen molar-refractivity contribution in [3.8, 4) is 6.07 Å². The van der Waals surface area contributed by atoms with Crippen LogP contribution in [0.25, 0.3) is 0 Å². The molecule has 0 radical (unpaired) electrons. The van der Waals surface area contributed by atoms with Gasteiger partial charge in [0, 0.05) is 26.8 Å². The molecular weight excluding hydrogens is 216 g/mol. The zero-order chi connectivity index (χ0) is 12.3. The minimum Gasteiger partial charge on any atom is -0.381 e. The van der Waals surface area contributed by atoms with Crippen LogP contribution in [0.4, 0.5) is 0 Å². The summed E-state index contributed by atoms with van der Waals surface area (Å²) in [6.07, 6.45) is 4.80. The van der Waals surface area contributed by atoms with Gasteiger partial charge in [0.1, 0.15) is 5.41 Å². The summed E-state index contributed by atoms with van der Waals surface area (Å²) in [6, 6.07) is 2.24. The minimum absolute atomic E-state index is 0.00444. The highest BCUT2D eigenvalue weighted by atomic mass is 16.5. The summed E-state index contributed by atoms with van der Waals surface area (Å²) in [7, 11) is 1.83. The highest BCUT2D eigenvalue weighted by molar-refractivity contribution is 5.85. The molecule has 1 heterocycles. The molecule has 2 fully saturated rings. The first kappa shape index (κ1) is 12.4. The topological polar surface area (TPSA) is 53.3 Å². The second-order valence-electron chi connectivity index (χ2n) is 5.29. The lowest BCUT2D eigenvalue weighted by Gasteiger charge is -2.36. The molecule has 0 aromatic carbocycles. The van der Waals surface area contributed by atoms with Crippen molar-refractivity contribution in [3.05, 3.63) is 0 Å². The average molecular weight is 236 g/mol. The predicted octanol–water partition coefficient (Wildman–Crippen LogP) is 1.57. The number of amides is 1. The molecule has 94 valence electrons. The van der Waals surface area contributed by atoms with E-state index in [1.807, 2.05) is 7.05 Å². The van der Waals surface area contributed by atoms with Crippen molar-refractivity contribution >= 4 is 5.91 Å². The highest BCUT2D eigenvalue weighted by Crippen LogP contribution is 2.33. The molecule has 1 saturated carbocycles. The molecule has 0 unspecified atom stereocenters. The molecule has 0 spiro atoms. The lowest BCUT2D eigenvalue weighted by Crippen LogP contribution is -2.46. The van der Waals surface area contributed by atoms with E-state index in [0.717, 1.165) is 6.54 Å². The maximum Gasteiger partial charge on any atom is 0.242 e. The van der Waals surface area contributed by atoms with E-state index in [9.17, 15) is 10.1 Å². The molecular formula is C13H20N2O2. The van der Waals surface area contributed by atoms with Crippen LogP contribution in [0.2, 0.25) is 0 Å². The zero-order valence-corrected chi connectivity index (χ0v) is 10.4. The van der Waals surface area contributed by atoms with Gasteiger partial charge in [-0.05, 0) is 31.6 Å². The molecule has 0 aromatic heterocycles. The molecule has 0 aromatic rings. The fraction of sp³-hybridized carbons (Fsp3) is 0.846. The predicted molar refractivity (Wildman–Crippen MR) is 63.1 cm³/mol. The Morgan fingerprint density at radius 1 is 1.47 bits per heavy atom. The van der Waals surface area contributed by atoms with Crippen molar-refractivity contribution in [1.82, 2.24) is 4.90 Å². The number of hydrogen-bond acceptors (Lipinski definition) is 3. The van der Waals surface area contributed by atoms with Gasteiger partial charge in [-0.3, -0.25) is 4.79 Å². The van der Waals surface area contributed by atoms with Crippen LogP contribution in [-0.2, 0) is 9.53 Å². The summed E-state index contributed by atoms with van der Waals surface area (Å²) in [5, 5.41) is 9.31. The van der Waals surface area contributed by atoms with E-state index in [2.05, 4.69) is 6.07 Å². The molecule has 1 saturated heterocycles. The molecule has 2 rings (SSSR count). The summed E-state index contributed by atoms with van der Waals surface area (Å²) in [4.78, 5) is 14.1. The summed E-state index contributed by atoms with van der Waals surface area (Å²) < 4.78 is 5.25. The molecule has 0 bridgehead atoms. The van der Waals surface area contributed by atoms with Crippen LogP contribution in [0.5, 0.6) is 0 Å². The van der Waals surface area contributed by atoms with Crippen molar-refractivity contribution in [3.63, 3.8) is 0 Å². The smallest absolute Gasteiger partial charge is 0.242 e. The van der Waals surface area contributed by atoms with Gasteiger partial charge in [-0.15, -0.1) is 0 Å². The van der Waals surface area contributed by atoms with Crippen LogP contribution in [0.1, 0.15) is 32.1 Å². The molecule has 17 heavy (non-hydrogen) atoms. The second kappa shape index (κ2) is 5.05. The molecule has 0 atom stereocenters. The quantitative estimate of drug-likeness (QED) is 0.747. The zero-order valence-electron chi connectivity index (χ0n) is 10.4. The van der Waals surface area contributed by atoms with Crippen molar-refractivity contribution in [2.75, 3.05) is 26.8 Å². The number of carbonyl (C=O) groups is 1. The summed E-state index contributed by atoms with van der Waals surface area (Å²) in [6.45, 7) is 1.86. The van der Waals surface area contributed by atoms with Crippen molar-refractivity contribution in [2.45, 2.75) is 32.1 Å². The number of nitrogens with zero attached hydrogens (tertiary/aromatic N) is 2. The Morgan fingerprint density at radius 3 is 2.59 bits per heavy atom. The van der Waals surface area contributed by atoms with Gasteiger partial charge in [-0.1, -0.05) is 6.42 Å². The van der Waals surface area contributed by atoms with E-state index < -0.39 is 5.41 Å². The van der Waals surface area contributed by atoms with E-state index in [1.165, 1.54) is 19.3 Å². The SMILES string of the molecule is CN(CC1CCC1)C(=O)C1(C#N)CCOCC1. The maximum atomic E-state index is 12.4. The molecule has 4 heteroatoms. The third-order valence-corrected chi connectivity index (χ3v) is 4.07. The summed E-state index contributed by atoms with van der Waals surface area (Å²) >= 11 is 0. The Bertz CT molecular complexity index is 325. The van der Waals surface area contributed by atoms with Gasteiger partial charge in [0.15, 0.2) is 0 Å². The summed E-state index contributed by atoms with van der Waals surface area (Å²) in [5.41, 5.74) is -0.823. The van der Waals surface area contributed by atoms with Crippen LogP contribution < -0.4 is 0 Å².